The van der Waals surface area contributed by atoms with Crippen LogP contribution >= 0.6 is 11.8 Å². The number of hydrogen-bond donors (Lipinski definition) is 0. The number of carbonyl (C=O) groups is 2. The molecule has 0 N–H and O–H groups in total. The highest BCUT2D eigenvalue weighted by atomic mass is 32.2. The summed E-state index contributed by atoms with van der Waals surface area (Å²) in [5.41, 5.74) is -0.517. The molecule has 2 aliphatic rings. The lowest BCUT2D eigenvalue weighted by atomic mass is 9.88. The molecular formula is C29H45N3O7S. The Kier molecular flexibility index (Phi) is 10.4. The van der Waals surface area contributed by atoms with E-state index < -0.39 is 17.3 Å². The van der Waals surface area contributed by atoms with Crippen LogP contribution in [0.25, 0.3) is 0 Å². The average molecular weight is 580 g/mol. The van der Waals surface area contributed by atoms with Crippen molar-refractivity contribution in [2.75, 3.05) is 27.7 Å². The van der Waals surface area contributed by atoms with E-state index in [0.29, 0.717) is 24.7 Å². The van der Waals surface area contributed by atoms with Gasteiger partial charge in [-0.05, 0) is 65.7 Å². The van der Waals surface area contributed by atoms with E-state index in [1.807, 2.05) is 65.8 Å². The van der Waals surface area contributed by atoms with Gasteiger partial charge in [-0.15, -0.1) is 0 Å². The number of rotatable bonds is 7. The van der Waals surface area contributed by atoms with Gasteiger partial charge in [-0.25, -0.2) is 9.59 Å². The molecule has 0 spiro atoms. The number of aliphatic imine (C=N–C) groups is 1. The molecule has 2 aliphatic heterocycles. The van der Waals surface area contributed by atoms with Gasteiger partial charge in [-0.3, -0.25) is 9.89 Å². The normalized spacial score (nSPS) is 24.6. The first kappa shape index (κ1) is 32.0. The third-order valence-corrected chi connectivity index (χ3v) is 7.73. The summed E-state index contributed by atoms with van der Waals surface area (Å²) in [5.74, 6) is 0.756. The summed E-state index contributed by atoms with van der Waals surface area (Å²) in [6.45, 7) is 14.0. The van der Waals surface area contributed by atoms with Crippen LogP contribution in [-0.2, 0) is 25.6 Å². The number of thioether (sulfide) groups is 1. The molecule has 0 bridgehead atoms. The minimum absolute atomic E-state index is 0.0259. The minimum Gasteiger partial charge on any atom is -0.497 e. The number of nitrogens with zero attached hydrogens (tertiary/aromatic N) is 3. The zero-order valence-corrected chi connectivity index (χ0v) is 26.2. The largest absolute Gasteiger partial charge is 0.497 e. The van der Waals surface area contributed by atoms with Crippen LogP contribution in [-0.4, -0.2) is 89.8 Å². The van der Waals surface area contributed by atoms with E-state index in [1.54, 1.807) is 26.1 Å². The van der Waals surface area contributed by atoms with Gasteiger partial charge in [0.25, 0.3) is 0 Å². The van der Waals surface area contributed by atoms with Gasteiger partial charge in [0.1, 0.15) is 28.4 Å². The second-order valence-electron chi connectivity index (χ2n) is 12.3. The summed E-state index contributed by atoms with van der Waals surface area (Å²) in [7, 11) is 5.02. The molecule has 0 aromatic heterocycles. The predicted octanol–water partition coefficient (Wildman–Crippen LogP) is 5.54. The van der Waals surface area contributed by atoms with Crippen molar-refractivity contribution in [3.05, 3.63) is 29.8 Å². The molecule has 1 fully saturated rings. The molecule has 2 amide bonds. The maximum atomic E-state index is 12.7. The Hall–Kier alpha value is -2.50. The van der Waals surface area contributed by atoms with Crippen LogP contribution < -0.4 is 4.74 Å². The molecule has 5 atom stereocenters. The van der Waals surface area contributed by atoms with Crippen molar-refractivity contribution in [3.8, 4) is 5.75 Å². The van der Waals surface area contributed by atoms with Crippen molar-refractivity contribution >= 4 is 29.1 Å². The topological polar surface area (TPSA) is 99.1 Å². The number of amidine groups is 1. The first-order valence-corrected chi connectivity index (χ1v) is 14.5. The Morgan fingerprint density at radius 2 is 1.60 bits per heavy atom. The molecule has 224 valence electrons. The molecule has 10 nitrogen and oxygen atoms in total. The molecule has 3 rings (SSSR count). The lowest BCUT2D eigenvalue weighted by molar-refractivity contribution is -0.139. The van der Waals surface area contributed by atoms with Gasteiger partial charge in [0, 0.05) is 26.6 Å². The van der Waals surface area contributed by atoms with Crippen molar-refractivity contribution in [2.24, 2.45) is 10.9 Å². The first-order chi connectivity index (χ1) is 18.6. The molecular weight excluding hydrogens is 534 g/mol. The molecule has 0 aliphatic carbocycles. The second-order valence-corrected chi connectivity index (χ2v) is 13.3. The van der Waals surface area contributed by atoms with Gasteiger partial charge in [0.2, 0.25) is 0 Å². The highest BCUT2D eigenvalue weighted by molar-refractivity contribution is 8.14. The number of hydrogen-bond acceptors (Lipinski definition) is 9. The van der Waals surface area contributed by atoms with Crippen LogP contribution in [0, 0.1) is 5.92 Å². The molecule has 0 unspecified atom stereocenters. The van der Waals surface area contributed by atoms with Crippen LogP contribution in [0.2, 0.25) is 0 Å². The van der Waals surface area contributed by atoms with Crippen LogP contribution in [0.1, 0.15) is 60.5 Å². The number of fused-ring (bicyclic) bond motifs is 1. The minimum atomic E-state index is -0.623. The molecule has 1 aromatic carbocycles. The van der Waals surface area contributed by atoms with E-state index in [4.69, 9.17) is 28.7 Å². The fourth-order valence-electron chi connectivity index (χ4n) is 4.37. The Balaban J connectivity index is 1.75. The zero-order valence-electron chi connectivity index (χ0n) is 25.4. The standard InChI is InChI=1S/C29H45N3O7S/c1-18-21(15-16-31(8)26(33)38-28(2,3)4)37-24-22(23(18)36-17-19-11-13-20(35-10)14-12-19)30-25(40-24)32(9)27(34)39-29(5,6)7/h11-14,18,21-24H,15-17H2,1-10H3/t18-,21-,22-,23+,24-/m1/s1. The van der Waals surface area contributed by atoms with Gasteiger partial charge < -0.3 is 28.6 Å². The first-order valence-electron chi connectivity index (χ1n) is 13.6. The summed E-state index contributed by atoms with van der Waals surface area (Å²) in [6, 6.07) is 7.45. The summed E-state index contributed by atoms with van der Waals surface area (Å²) in [4.78, 5) is 33.1. The van der Waals surface area contributed by atoms with Gasteiger partial charge in [0.05, 0.1) is 25.9 Å². The van der Waals surface area contributed by atoms with E-state index >= 15 is 0 Å². The lowest BCUT2D eigenvalue weighted by Gasteiger charge is -2.42. The van der Waals surface area contributed by atoms with Crippen LogP contribution in [0.5, 0.6) is 5.75 Å². The van der Waals surface area contributed by atoms with Crippen molar-refractivity contribution in [3.63, 3.8) is 0 Å². The van der Waals surface area contributed by atoms with E-state index in [0.717, 1.165) is 11.3 Å². The molecule has 2 heterocycles. The quantitative estimate of drug-likeness (QED) is 0.416. The highest BCUT2D eigenvalue weighted by Gasteiger charge is 2.49. The molecule has 0 radical (unpaired) electrons. The van der Waals surface area contributed by atoms with Crippen LogP contribution in [0.3, 0.4) is 0 Å². The summed E-state index contributed by atoms with van der Waals surface area (Å²) >= 11 is 1.39. The Morgan fingerprint density at radius 1 is 1.00 bits per heavy atom. The molecule has 1 aromatic rings. The highest BCUT2D eigenvalue weighted by Crippen LogP contribution is 2.42. The Labute approximate surface area is 242 Å². The molecule has 11 heteroatoms. The number of amides is 2. The summed E-state index contributed by atoms with van der Waals surface area (Å²) < 4.78 is 29.3. The second kappa shape index (κ2) is 13.0. The van der Waals surface area contributed by atoms with Crippen molar-refractivity contribution in [1.82, 2.24) is 9.80 Å². The SMILES string of the molecule is COc1ccc(CO[C@H]2[C@H](C)[C@@H](CCN(C)C(=O)OC(C)(C)C)O[C@@H]3SC(N(C)C(=O)OC(C)(C)C)=N[C@H]23)cc1. The Bertz CT molecular complexity index is 1050. The third kappa shape index (κ3) is 8.75. The van der Waals surface area contributed by atoms with Crippen molar-refractivity contribution < 1.29 is 33.3 Å². The zero-order chi connectivity index (χ0) is 29.8. The molecule has 40 heavy (non-hydrogen) atoms. The van der Waals surface area contributed by atoms with E-state index in [9.17, 15) is 9.59 Å². The third-order valence-electron chi connectivity index (χ3n) is 6.52. The van der Waals surface area contributed by atoms with Crippen LogP contribution in [0.15, 0.2) is 29.3 Å². The number of carbonyl (C=O) groups excluding carboxylic acids is 2. The molecule has 1 saturated heterocycles. The lowest BCUT2D eigenvalue weighted by Crippen LogP contribution is -2.52. The fourth-order valence-corrected chi connectivity index (χ4v) is 5.55. The van der Waals surface area contributed by atoms with Gasteiger partial charge >= 0.3 is 12.2 Å². The summed E-state index contributed by atoms with van der Waals surface area (Å²) in [6.07, 6.45) is -0.714. The number of ether oxygens (including phenoxy) is 5. The smallest absolute Gasteiger partial charge is 0.416 e. The van der Waals surface area contributed by atoms with Crippen molar-refractivity contribution in [2.45, 2.75) is 96.4 Å². The maximum absolute atomic E-state index is 12.7. The van der Waals surface area contributed by atoms with Gasteiger partial charge in [-0.1, -0.05) is 30.8 Å². The van der Waals surface area contributed by atoms with Crippen LogP contribution in [0.4, 0.5) is 9.59 Å². The predicted molar refractivity (Wildman–Crippen MR) is 156 cm³/mol. The maximum Gasteiger partial charge on any atom is 0.416 e. The van der Waals surface area contributed by atoms with E-state index in [-0.39, 0.29) is 35.7 Å². The molecule has 0 saturated carbocycles. The van der Waals surface area contributed by atoms with Crippen molar-refractivity contribution in [1.29, 1.82) is 0 Å². The van der Waals surface area contributed by atoms with E-state index in [1.165, 1.54) is 16.7 Å². The average Bonchev–Trinajstić information content (AvgIpc) is 3.28. The number of methoxy groups -OCH3 is 1. The Morgan fingerprint density at radius 3 is 2.17 bits per heavy atom. The summed E-state index contributed by atoms with van der Waals surface area (Å²) in [5, 5.41) is 0.529. The van der Waals surface area contributed by atoms with E-state index in [2.05, 4.69) is 6.92 Å². The monoisotopic (exact) mass is 579 g/mol. The van der Waals surface area contributed by atoms with Gasteiger partial charge in [-0.2, -0.15) is 0 Å². The fraction of sp³-hybridized carbons (Fsp3) is 0.690. The number of benzene rings is 1. The van der Waals surface area contributed by atoms with Gasteiger partial charge in [0.15, 0.2) is 5.17 Å².